The minimum Gasteiger partial charge on any atom is -0.212 e. The topological polar surface area (TPSA) is 0 Å². The molecule has 4 aromatic rings. The lowest BCUT2D eigenvalue weighted by Gasteiger charge is -2.20. The Morgan fingerprint density at radius 3 is 0.556 bits per heavy atom. The third-order valence-electron chi connectivity index (χ3n) is 16.5. The average molecular weight is 1220 g/mol. The lowest BCUT2D eigenvalue weighted by Crippen LogP contribution is -1.94. The highest BCUT2D eigenvalue weighted by Gasteiger charge is 2.19. The van der Waals surface area contributed by atoms with E-state index in [0.29, 0.717) is 6.42 Å². The van der Waals surface area contributed by atoms with Crippen LogP contribution in [0.5, 0.6) is 0 Å². The monoisotopic (exact) mass is 1220 g/mol. The number of benzene rings is 4. The zero-order chi connectivity index (χ0) is 57.6. The summed E-state index contributed by atoms with van der Waals surface area (Å²) in [6.45, 7) is 15.1. The fourth-order valence-electron chi connectivity index (χ4n) is 11.4. The van der Waals surface area contributed by atoms with E-state index < -0.39 is 0 Å². The Balaban J connectivity index is 1.75. The Morgan fingerprint density at radius 1 is 0.247 bits per heavy atom. The first-order valence-corrected chi connectivity index (χ1v) is 40.5. The van der Waals surface area contributed by atoms with Crippen LogP contribution in [0, 0.1) is 0 Å². The first-order chi connectivity index (χ1) is 39.9. The summed E-state index contributed by atoms with van der Waals surface area (Å²) < 4.78 is 13.0. The van der Waals surface area contributed by atoms with Crippen molar-refractivity contribution in [1.29, 1.82) is 0 Å². The molecule has 0 saturated carbocycles. The minimum atomic E-state index is -0.154. The molecule has 0 radical (unpaired) electrons. The van der Waals surface area contributed by atoms with Crippen LogP contribution in [0.15, 0.2) is 78.2 Å². The maximum absolute atomic E-state index is 13.0. The summed E-state index contributed by atoms with van der Waals surface area (Å²) in [4.78, 5) is 9.19. The van der Waals surface area contributed by atoms with E-state index in [0.717, 1.165) is 12.8 Å². The van der Waals surface area contributed by atoms with Crippen molar-refractivity contribution < 1.29 is 4.39 Å². The number of rotatable bonds is 56. The SMILES string of the molecule is C=C(F)CCCCCCCCCCCCCCSc1cc2c3cc(SCCCCCCCC)c(SCCCCCCCC)cc3c3cc(SCCCCCCCC)c(SCCCCCCCC)cc3c2cc1SCCCCCCCC. The maximum Gasteiger partial charge on any atom is 0.0928 e. The van der Waals surface area contributed by atoms with Gasteiger partial charge in [-0.25, -0.2) is 4.39 Å². The molecule has 0 aliphatic heterocycles. The van der Waals surface area contributed by atoms with Crippen molar-refractivity contribution in [2.45, 2.75) is 340 Å². The number of thioether (sulfide) groups is 6. The van der Waals surface area contributed by atoms with E-state index in [1.54, 1.807) is 0 Å². The van der Waals surface area contributed by atoms with Crippen molar-refractivity contribution in [2.24, 2.45) is 0 Å². The van der Waals surface area contributed by atoms with Gasteiger partial charge in [0.1, 0.15) is 0 Å². The molecule has 0 amide bonds. The van der Waals surface area contributed by atoms with E-state index in [-0.39, 0.29) is 5.83 Å². The molecule has 4 rings (SSSR count). The number of hydrogen-bond donors (Lipinski definition) is 0. The highest BCUT2D eigenvalue weighted by atomic mass is 32.2. The molecule has 0 spiro atoms. The number of halogens is 1. The Kier molecular flexibility index (Phi) is 44.5. The van der Waals surface area contributed by atoms with E-state index in [1.807, 2.05) is 0 Å². The van der Waals surface area contributed by atoms with E-state index in [2.05, 4.69) is 148 Å². The second-order valence-corrected chi connectivity index (χ2v) is 30.8. The Bertz CT molecular complexity index is 2150. The van der Waals surface area contributed by atoms with Crippen molar-refractivity contribution in [1.82, 2.24) is 0 Å². The van der Waals surface area contributed by atoms with Crippen LogP contribution < -0.4 is 0 Å². The average Bonchev–Trinajstić information content (AvgIpc) is 3.64. The van der Waals surface area contributed by atoms with Gasteiger partial charge in [0.25, 0.3) is 0 Å². The molecule has 460 valence electrons. The predicted octanol–water partition coefficient (Wildman–Crippen LogP) is 29.1. The summed E-state index contributed by atoms with van der Waals surface area (Å²) >= 11 is 13.0. The van der Waals surface area contributed by atoms with E-state index in [4.69, 9.17) is 0 Å². The predicted molar refractivity (Wildman–Crippen MR) is 380 cm³/mol. The number of hydrogen-bond acceptors (Lipinski definition) is 6. The van der Waals surface area contributed by atoms with Crippen molar-refractivity contribution in [3.63, 3.8) is 0 Å². The molecular weight excluding hydrogens is 1100 g/mol. The molecule has 0 nitrogen and oxygen atoms in total. The summed E-state index contributed by atoms with van der Waals surface area (Å²) in [7, 11) is 0. The second kappa shape index (κ2) is 49.4. The van der Waals surface area contributed by atoms with Crippen LogP contribution in [0.3, 0.4) is 0 Å². The van der Waals surface area contributed by atoms with Crippen LogP contribution in [-0.2, 0) is 0 Å². The van der Waals surface area contributed by atoms with Crippen molar-refractivity contribution in [3.05, 3.63) is 48.8 Å². The smallest absolute Gasteiger partial charge is 0.0928 e. The molecular formula is C74H121FS6. The Labute approximate surface area is 526 Å². The van der Waals surface area contributed by atoms with Gasteiger partial charge in [-0.2, -0.15) is 0 Å². The molecule has 0 fully saturated rings. The minimum absolute atomic E-state index is 0.154. The van der Waals surface area contributed by atoms with Gasteiger partial charge in [-0.15, -0.1) is 70.6 Å². The first-order valence-electron chi connectivity index (χ1n) is 34.6. The summed E-state index contributed by atoms with van der Waals surface area (Å²) in [6, 6.07) is 16.2. The van der Waals surface area contributed by atoms with Gasteiger partial charge in [-0.1, -0.05) is 266 Å². The van der Waals surface area contributed by atoms with Gasteiger partial charge in [0.15, 0.2) is 0 Å². The molecule has 0 saturated heterocycles. The Hall–Kier alpha value is -0.570. The van der Waals surface area contributed by atoms with Crippen LogP contribution in [-0.4, -0.2) is 34.5 Å². The molecule has 0 unspecified atom stereocenters. The van der Waals surface area contributed by atoms with Gasteiger partial charge in [-0.3, -0.25) is 0 Å². The second-order valence-electron chi connectivity index (χ2n) is 24.0. The van der Waals surface area contributed by atoms with Gasteiger partial charge in [-0.05, 0) is 155 Å². The van der Waals surface area contributed by atoms with Crippen LogP contribution in [0.25, 0.3) is 32.3 Å². The molecule has 0 heterocycles. The highest BCUT2D eigenvalue weighted by molar-refractivity contribution is 8.03. The summed E-state index contributed by atoms with van der Waals surface area (Å²) in [6.07, 6.45) is 56.6. The van der Waals surface area contributed by atoms with Crippen LogP contribution in [0.4, 0.5) is 4.39 Å². The van der Waals surface area contributed by atoms with Gasteiger partial charge >= 0.3 is 0 Å². The van der Waals surface area contributed by atoms with Gasteiger partial charge in [0.2, 0.25) is 0 Å². The number of unbranched alkanes of at least 4 members (excludes halogenated alkanes) is 36. The quantitative estimate of drug-likeness (QED) is 0.0244. The van der Waals surface area contributed by atoms with Crippen LogP contribution >= 0.6 is 70.6 Å². The van der Waals surface area contributed by atoms with Gasteiger partial charge in [0.05, 0.1) is 5.83 Å². The van der Waals surface area contributed by atoms with Crippen LogP contribution in [0.2, 0.25) is 0 Å². The number of fused-ring (bicyclic) bond motifs is 6. The first kappa shape index (κ1) is 72.9. The van der Waals surface area contributed by atoms with Gasteiger partial charge < -0.3 is 0 Å². The van der Waals surface area contributed by atoms with E-state index >= 15 is 0 Å². The van der Waals surface area contributed by atoms with Gasteiger partial charge in [0, 0.05) is 29.4 Å². The van der Waals surface area contributed by atoms with Crippen LogP contribution in [0.1, 0.15) is 311 Å². The number of allylic oxidation sites excluding steroid dienone is 1. The molecule has 0 bridgehead atoms. The molecule has 81 heavy (non-hydrogen) atoms. The van der Waals surface area contributed by atoms with Crippen molar-refractivity contribution >= 4 is 103 Å². The molecule has 4 aromatic carbocycles. The van der Waals surface area contributed by atoms with Crippen molar-refractivity contribution in [2.75, 3.05) is 34.5 Å². The molecule has 0 aliphatic rings. The Morgan fingerprint density at radius 2 is 0.395 bits per heavy atom. The maximum atomic E-state index is 13.0. The fraction of sp³-hybridized carbons (Fsp3) is 0.730. The zero-order valence-electron chi connectivity index (χ0n) is 53.1. The van der Waals surface area contributed by atoms with Crippen molar-refractivity contribution in [3.8, 4) is 0 Å². The summed E-state index contributed by atoms with van der Waals surface area (Å²) in [5.41, 5.74) is 0. The molecule has 0 aromatic heterocycles. The molecule has 7 heteroatoms. The van der Waals surface area contributed by atoms with E-state index in [1.165, 1.54) is 353 Å². The van der Waals surface area contributed by atoms with E-state index in [9.17, 15) is 4.39 Å². The largest absolute Gasteiger partial charge is 0.212 e. The molecule has 0 atom stereocenters. The lowest BCUT2D eigenvalue weighted by atomic mass is 9.94. The zero-order valence-corrected chi connectivity index (χ0v) is 58.0. The summed E-state index contributed by atoms with van der Waals surface area (Å²) in [5.74, 6) is 7.13. The third-order valence-corrected chi connectivity index (χ3v) is 23.7. The standard InChI is InChI=1S/C74H121FS6/c1-7-12-17-22-36-43-50-76-69-56-63-64-57-70(77-51-44-37-23-18-13-8-2)72(79-53-46-39-25-20-15-10-4)59-66(64)68-61-74(81-55-48-41-34-32-30-28-27-29-31-33-35-42-49-62(6)75)73(80-54-47-40-26-21-16-11-5)60-67(68)65(63)58-71(69)78-52-45-38-24-19-14-9-3/h56-61H,6-55H2,1-5H3. The highest BCUT2D eigenvalue weighted by Crippen LogP contribution is 2.48. The third kappa shape index (κ3) is 31.8. The summed E-state index contributed by atoms with van der Waals surface area (Å²) in [5, 5.41) is 8.94. The molecule has 0 aliphatic carbocycles. The lowest BCUT2D eigenvalue weighted by molar-refractivity contribution is 0.526. The normalized spacial score (nSPS) is 11.9. The fourth-order valence-corrected chi connectivity index (χ4v) is 18.3. The molecule has 0 N–H and O–H groups in total.